The smallest absolute Gasteiger partial charge is 0.293 e. The molecule has 2 aromatic carbocycles. The number of rotatable bonds is 0. The van der Waals surface area contributed by atoms with Gasteiger partial charge in [-0.25, -0.2) is 0 Å². The van der Waals surface area contributed by atoms with E-state index in [1.54, 1.807) is 0 Å². The molecule has 0 saturated carbocycles. The van der Waals surface area contributed by atoms with Gasteiger partial charge in [0, 0.05) is 31.2 Å². The fraction of sp³-hybridized carbons (Fsp3) is 0.571. The number of halogens is 3. The van der Waals surface area contributed by atoms with Crippen LogP contribution >= 0.6 is 41.9 Å². The molecule has 34 heavy (non-hydrogen) atoms. The minimum absolute atomic E-state index is 0.0478. The fourth-order valence-corrected chi connectivity index (χ4v) is 4.40. The van der Waals surface area contributed by atoms with Gasteiger partial charge in [0.1, 0.15) is 11.5 Å². The van der Waals surface area contributed by atoms with Gasteiger partial charge < -0.3 is 10.2 Å². The first-order valence-corrected chi connectivity index (χ1v) is 14.7. The Bertz CT molecular complexity index is 811. The Hall–Kier alpha value is -0.178. The second kappa shape index (κ2) is 12.4. The van der Waals surface area contributed by atoms with E-state index in [0.29, 0.717) is 11.5 Å². The highest BCUT2D eigenvalue weighted by atomic mass is 79.9. The Labute approximate surface area is 237 Å². The number of benzene rings is 2. The Morgan fingerprint density at radius 3 is 0.765 bits per heavy atom. The van der Waals surface area contributed by atoms with E-state index in [4.69, 9.17) is 0 Å². The summed E-state index contributed by atoms with van der Waals surface area (Å²) in [5.74, 6) is 0.867. The van der Waals surface area contributed by atoms with Crippen molar-refractivity contribution in [3.63, 3.8) is 0 Å². The van der Waals surface area contributed by atoms with Gasteiger partial charge in [0.2, 0.25) is 0 Å². The van der Waals surface area contributed by atoms with Gasteiger partial charge in [-0.05, 0) is 45.9 Å². The van der Waals surface area contributed by atoms with Crippen LogP contribution in [-0.2, 0) is 21.7 Å². The molecule has 0 aliphatic carbocycles. The van der Waals surface area contributed by atoms with Crippen LogP contribution in [0.3, 0.4) is 0 Å². The van der Waals surface area contributed by atoms with Crippen LogP contribution in [0.5, 0.6) is 11.5 Å². The van der Waals surface area contributed by atoms with Crippen molar-refractivity contribution >= 4 is 57.3 Å². The van der Waals surface area contributed by atoms with E-state index in [1.807, 2.05) is 39.6 Å². The van der Waals surface area contributed by atoms with Crippen molar-refractivity contribution in [3.05, 3.63) is 55.5 Å². The molecule has 6 heteroatoms. The van der Waals surface area contributed by atoms with Gasteiger partial charge in [0.15, 0.2) is 0 Å². The Morgan fingerprint density at radius 1 is 0.500 bits per heavy atom. The molecule has 0 saturated heterocycles. The molecule has 2 aromatic rings. The zero-order valence-electron chi connectivity index (χ0n) is 22.9. The van der Waals surface area contributed by atoms with E-state index in [0.717, 1.165) is 31.2 Å². The summed E-state index contributed by atoms with van der Waals surface area (Å²) in [7, 11) is 4.56. The number of phenolic OH excluding ortho intramolecular Hbond substituents is 2. The predicted molar refractivity (Wildman–Crippen MR) is 158 cm³/mol. The van der Waals surface area contributed by atoms with E-state index in [-0.39, 0.29) is 21.7 Å². The quantitative estimate of drug-likeness (QED) is 0.284. The van der Waals surface area contributed by atoms with Crippen LogP contribution in [0.15, 0.2) is 33.2 Å². The zero-order valence-corrected chi connectivity index (χ0v) is 28.0. The average Bonchev–Trinajstić information content (AvgIpc) is 2.63. The highest BCUT2D eigenvalue weighted by Crippen LogP contribution is 2.42. The van der Waals surface area contributed by atoms with Gasteiger partial charge >= 0.3 is 0 Å². The highest BCUT2D eigenvalue weighted by molar-refractivity contribution is 9.10. The topological polar surface area (TPSA) is 40.5 Å². The lowest BCUT2D eigenvalue weighted by Gasteiger charge is -2.27. The number of hydrogen-bond acceptors (Lipinski definition) is 2. The van der Waals surface area contributed by atoms with Crippen molar-refractivity contribution in [1.82, 2.24) is 0 Å². The molecule has 2 N–H and O–H groups in total. The molecule has 0 aliphatic heterocycles. The van der Waals surface area contributed by atoms with Crippen LogP contribution in [0.4, 0.5) is 0 Å². The minimum atomic E-state index is -0.0478. The third-order valence-corrected chi connectivity index (χ3v) is 6.30. The Kier molecular flexibility index (Phi) is 12.3. The monoisotopic (exact) mass is 630 g/mol. The van der Waals surface area contributed by atoms with Crippen molar-refractivity contribution in [2.24, 2.45) is 0 Å². The lowest BCUT2D eigenvalue weighted by atomic mass is 9.79. The van der Waals surface area contributed by atoms with Gasteiger partial charge in [-0.3, -0.25) is 10.0 Å². The van der Waals surface area contributed by atoms with E-state index in [1.165, 1.54) is 0 Å². The third-order valence-electron chi connectivity index (χ3n) is 5.38. The predicted octanol–water partition coefficient (Wildman–Crippen LogP) is 9.81. The number of aromatic hydroxyl groups is 2. The second-order valence-electron chi connectivity index (χ2n) is 12.7. The molecule has 0 aliphatic rings. The van der Waals surface area contributed by atoms with Gasteiger partial charge in [0.05, 0.1) is 0 Å². The maximum absolute atomic E-state index is 10.4. The summed E-state index contributed by atoms with van der Waals surface area (Å²) in [5, 5.41) is 20.7. The van der Waals surface area contributed by atoms with E-state index >= 15 is 0 Å². The maximum atomic E-state index is 10.4. The van der Waals surface area contributed by atoms with Crippen molar-refractivity contribution in [1.29, 1.82) is 0 Å². The normalized spacial score (nSPS) is 12.3. The first-order valence-electron chi connectivity index (χ1n) is 11.4. The number of hydrogen-bond donors (Lipinski definition) is 2. The summed E-state index contributed by atoms with van der Waals surface area (Å²) in [6, 6.07) is 8.02. The molecule has 2 nitrogen and oxygen atoms in total. The molecule has 0 bridgehead atoms. The van der Waals surface area contributed by atoms with E-state index in [9.17, 15) is 10.2 Å². The standard InChI is InChI=1S/2C14H21BrO.Al.ClH/c2*1-13(2,3)10-7-9(15)8-11(12(10)16)14(4,5)6;;/h2*7-8,16H,1-6H3;;1H/q;;+1;/p-1. The van der Waals surface area contributed by atoms with Crippen molar-refractivity contribution < 1.29 is 10.2 Å². The molecule has 0 unspecified atom stereocenters. The zero-order chi connectivity index (χ0) is 27.4. The largest absolute Gasteiger partial charge is 0.507 e. The Morgan fingerprint density at radius 2 is 0.647 bits per heavy atom. The van der Waals surface area contributed by atoms with Crippen LogP contribution in [-0.4, -0.2) is 25.6 Å². The van der Waals surface area contributed by atoms with Gasteiger partial charge in [-0.2, -0.15) is 0 Å². The van der Waals surface area contributed by atoms with Crippen LogP contribution in [0.1, 0.15) is 105 Å². The SMILES string of the molecule is CC(C)(C)c1cc(Br)cc(C(C)(C)C)c1O.CC(C)(C)c1cc(Br)cc(C(C)(C)C)c1O.[Al][Cl]. The minimum Gasteiger partial charge on any atom is -0.507 e. The molecule has 0 aromatic heterocycles. The molecule has 0 heterocycles. The van der Waals surface area contributed by atoms with Crippen LogP contribution in [0, 0.1) is 0 Å². The van der Waals surface area contributed by atoms with Crippen molar-refractivity contribution in [3.8, 4) is 11.5 Å². The van der Waals surface area contributed by atoms with E-state index < -0.39 is 0 Å². The third kappa shape index (κ3) is 9.70. The molecular formula is C28H42AlBr2ClO2. The van der Waals surface area contributed by atoms with Crippen LogP contribution in [0.25, 0.3) is 0 Å². The average molecular weight is 633 g/mol. The molecule has 2 radical (unpaired) electrons. The van der Waals surface area contributed by atoms with Crippen LogP contribution < -0.4 is 0 Å². The Balaban J connectivity index is 0.000000597. The molecule has 0 atom stereocenters. The van der Waals surface area contributed by atoms with Crippen LogP contribution in [0.2, 0.25) is 0 Å². The maximum Gasteiger partial charge on any atom is 0.293 e. The summed E-state index contributed by atoms with van der Waals surface area (Å²) >= 11 is 8.93. The molecule has 0 amide bonds. The van der Waals surface area contributed by atoms with Gasteiger partial charge in [0.25, 0.3) is 15.4 Å². The number of phenols is 2. The molecule has 0 spiro atoms. The van der Waals surface area contributed by atoms with Crippen molar-refractivity contribution in [2.75, 3.05) is 0 Å². The first kappa shape index (κ1) is 33.8. The summed E-state index contributed by atoms with van der Waals surface area (Å²) < 4.78 is 2.06. The fourth-order valence-electron chi connectivity index (χ4n) is 3.49. The molecule has 190 valence electrons. The van der Waals surface area contributed by atoms with Gasteiger partial charge in [-0.15, -0.1) is 0 Å². The molecule has 0 fully saturated rings. The highest BCUT2D eigenvalue weighted by Gasteiger charge is 2.27. The van der Waals surface area contributed by atoms with Gasteiger partial charge in [-0.1, -0.05) is 115 Å². The summed E-state index contributed by atoms with van der Waals surface area (Å²) in [6.45, 7) is 25.3. The summed E-state index contributed by atoms with van der Waals surface area (Å²) in [6.07, 6.45) is 0. The molecule has 2 rings (SSSR count). The van der Waals surface area contributed by atoms with Crippen molar-refractivity contribution in [2.45, 2.75) is 105 Å². The van der Waals surface area contributed by atoms with E-state index in [2.05, 4.69) is 125 Å². The first-order chi connectivity index (χ1) is 15.1. The second-order valence-corrected chi connectivity index (χ2v) is 14.5. The summed E-state index contributed by atoms with van der Waals surface area (Å²) in [5.41, 5.74) is 3.78. The lowest BCUT2D eigenvalue weighted by molar-refractivity contribution is 0.422. The lowest BCUT2D eigenvalue weighted by Crippen LogP contribution is -2.17. The summed E-state index contributed by atoms with van der Waals surface area (Å²) in [4.78, 5) is 0. The molecular weight excluding hydrogens is 591 g/mol.